The molecule has 5 rings (SSSR count). The van der Waals surface area contributed by atoms with E-state index in [9.17, 15) is 44.1 Å². The highest BCUT2D eigenvalue weighted by atomic mass is 16.6. The molecule has 2 aromatic rings. The zero-order valence-electron chi connectivity index (χ0n) is 21.8. The minimum absolute atomic E-state index is 0.155. The summed E-state index contributed by atoms with van der Waals surface area (Å²) >= 11 is 0. The molecule has 0 bridgehead atoms. The first-order valence-electron chi connectivity index (χ1n) is 12.7. The van der Waals surface area contributed by atoms with Crippen LogP contribution in [0.5, 0.6) is 17.2 Å². The van der Waals surface area contributed by atoms with E-state index in [4.69, 9.17) is 15.2 Å². The molecule has 214 valence electrons. The molecule has 2 saturated carbocycles. The lowest BCUT2D eigenvalue weighted by molar-refractivity contribution is -0.189. The lowest BCUT2D eigenvalue weighted by Gasteiger charge is -2.52. The highest BCUT2D eigenvalue weighted by Crippen LogP contribution is 2.54. The topological polar surface area (TPSA) is 220 Å². The van der Waals surface area contributed by atoms with Crippen LogP contribution in [-0.4, -0.2) is 69.3 Å². The molecular weight excluding hydrogens is 540 g/mol. The van der Waals surface area contributed by atoms with Crippen LogP contribution >= 0.6 is 0 Å². The number of phenols is 1. The van der Waals surface area contributed by atoms with Gasteiger partial charge >= 0.3 is 6.09 Å². The van der Waals surface area contributed by atoms with E-state index in [0.29, 0.717) is 5.75 Å². The number of aliphatic hydroxyl groups is 2. The molecule has 3 aliphatic carbocycles. The van der Waals surface area contributed by atoms with Gasteiger partial charge in [0.15, 0.2) is 34.7 Å². The summed E-state index contributed by atoms with van der Waals surface area (Å²) in [4.78, 5) is 77.3. The summed E-state index contributed by atoms with van der Waals surface area (Å²) in [5.74, 6) is -13.5. The molecule has 2 unspecified atom stereocenters. The number of fused-ring (bicyclic) bond motifs is 3. The van der Waals surface area contributed by atoms with Crippen molar-refractivity contribution >= 4 is 40.8 Å². The van der Waals surface area contributed by atoms with Gasteiger partial charge in [-0.25, -0.2) is 4.79 Å². The highest BCUT2D eigenvalue weighted by Gasteiger charge is 2.69. The van der Waals surface area contributed by atoms with E-state index in [2.05, 4.69) is 5.32 Å². The van der Waals surface area contributed by atoms with E-state index in [1.807, 2.05) is 0 Å². The van der Waals surface area contributed by atoms with Crippen LogP contribution in [0.25, 0.3) is 0 Å². The Kier molecular flexibility index (Phi) is 6.66. The maximum Gasteiger partial charge on any atom is 0.417 e. The number of methoxy groups -OCH3 is 1. The third-order valence-corrected chi connectivity index (χ3v) is 8.37. The van der Waals surface area contributed by atoms with E-state index in [1.165, 1.54) is 31.4 Å². The number of phenolic OH excluding ortho intramolecular Hbond substituents is 1. The third-order valence-electron chi connectivity index (χ3n) is 8.37. The van der Waals surface area contributed by atoms with Crippen molar-refractivity contribution in [2.24, 2.45) is 29.4 Å². The van der Waals surface area contributed by atoms with Crippen LogP contribution in [0.3, 0.4) is 0 Å². The van der Waals surface area contributed by atoms with Crippen LogP contribution in [0.2, 0.25) is 0 Å². The van der Waals surface area contributed by atoms with Gasteiger partial charge in [-0.05, 0) is 41.8 Å². The van der Waals surface area contributed by atoms with Gasteiger partial charge < -0.3 is 30.5 Å². The molecule has 13 heteroatoms. The number of ether oxygens (including phenoxy) is 2. The number of hydrogen-bond donors (Lipinski definition) is 5. The summed E-state index contributed by atoms with van der Waals surface area (Å²) in [6.45, 7) is 1.58. The molecule has 3 aliphatic rings. The van der Waals surface area contributed by atoms with Gasteiger partial charge in [-0.1, -0.05) is 13.0 Å². The number of aliphatic hydroxyl groups excluding tert-OH is 1. The van der Waals surface area contributed by atoms with Gasteiger partial charge in [0.25, 0.3) is 0 Å². The minimum Gasteiger partial charge on any atom is -0.505 e. The van der Waals surface area contributed by atoms with E-state index in [1.54, 1.807) is 19.1 Å². The molecular formula is C28H26N2O11. The van der Waals surface area contributed by atoms with Crippen molar-refractivity contribution in [3.63, 3.8) is 0 Å². The maximum atomic E-state index is 13.7. The zero-order valence-corrected chi connectivity index (χ0v) is 21.8. The number of benzene rings is 2. The average molecular weight is 567 g/mol. The van der Waals surface area contributed by atoms with Crippen LogP contribution in [0, 0.1) is 23.7 Å². The molecule has 2 amide bonds. The number of primary amides is 1. The van der Waals surface area contributed by atoms with Crippen LogP contribution in [0.15, 0.2) is 36.4 Å². The Morgan fingerprint density at radius 1 is 1.02 bits per heavy atom. The SMILES string of the molecule is COc1ccc(OC(=O)Nc2ccc3c(c2O)C(=O)C2C(=O)[C@]4(O)C(=O)C(C(N)=O)C(=O)C[C@@H]4[C@@H](O)[C@@H]2[C@H]3C)cc1. The first kappa shape index (κ1) is 27.9. The second-order valence-electron chi connectivity index (χ2n) is 10.4. The Bertz CT molecular complexity index is 1520. The largest absolute Gasteiger partial charge is 0.505 e. The Morgan fingerprint density at radius 3 is 2.27 bits per heavy atom. The lowest BCUT2D eigenvalue weighted by Crippen LogP contribution is -2.72. The summed E-state index contributed by atoms with van der Waals surface area (Å²) in [7, 11) is 1.47. The van der Waals surface area contributed by atoms with Gasteiger partial charge in [-0.3, -0.25) is 29.3 Å². The molecule has 41 heavy (non-hydrogen) atoms. The second kappa shape index (κ2) is 9.78. The van der Waals surface area contributed by atoms with Crippen molar-refractivity contribution in [1.82, 2.24) is 0 Å². The molecule has 7 atom stereocenters. The predicted molar refractivity (Wildman–Crippen MR) is 137 cm³/mol. The van der Waals surface area contributed by atoms with E-state index < -0.39 is 88.6 Å². The molecule has 0 spiro atoms. The number of nitrogens with two attached hydrogens (primary N) is 1. The normalized spacial score (nSPS) is 30.5. The van der Waals surface area contributed by atoms with Crippen LogP contribution in [0.4, 0.5) is 10.5 Å². The summed E-state index contributed by atoms with van der Waals surface area (Å²) in [6, 6.07) is 8.79. The van der Waals surface area contributed by atoms with Gasteiger partial charge in [-0.2, -0.15) is 0 Å². The molecule has 0 aliphatic heterocycles. The van der Waals surface area contributed by atoms with Gasteiger partial charge in [0.2, 0.25) is 5.91 Å². The fraction of sp³-hybridized carbons (Fsp3) is 0.357. The Labute approximate surface area is 232 Å². The third kappa shape index (κ3) is 4.07. The first-order valence-corrected chi connectivity index (χ1v) is 12.7. The van der Waals surface area contributed by atoms with Crippen LogP contribution < -0.4 is 20.5 Å². The Balaban J connectivity index is 1.49. The predicted octanol–water partition coefficient (Wildman–Crippen LogP) is 0.478. The second-order valence-corrected chi connectivity index (χ2v) is 10.4. The van der Waals surface area contributed by atoms with Crippen LogP contribution in [0.1, 0.15) is 35.2 Å². The number of carbonyl (C=O) groups is 6. The molecule has 0 aromatic heterocycles. The van der Waals surface area contributed by atoms with Gasteiger partial charge in [-0.15, -0.1) is 0 Å². The number of nitrogens with one attached hydrogen (secondary N) is 1. The molecule has 13 nitrogen and oxygen atoms in total. The smallest absolute Gasteiger partial charge is 0.417 e. The molecule has 0 heterocycles. The quantitative estimate of drug-likeness (QED) is 0.253. The van der Waals surface area contributed by atoms with Crippen molar-refractivity contribution in [2.75, 3.05) is 12.4 Å². The fourth-order valence-electron chi connectivity index (χ4n) is 6.34. The number of hydrogen-bond acceptors (Lipinski definition) is 11. The highest BCUT2D eigenvalue weighted by molar-refractivity contribution is 6.31. The minimum atomic E-state index is -3.02. The van der Waals surface area contributed by atoms with Crippen molar-refractivity contribution in [3.05, 3.63) is 47.5 Å². The first-order chi connectivity index (χ1) is 19.3. The molecule has 0 radical (unpaired) electrons. The van der Waals surface area contributed by atoms with Gasteiger partial charge in [0.1, 0.15) is 17.2 Å². The molecule has 0 saturated heterocycles. The Hall–Kier alpha value is -4.62. The standard InChI is InChI=1S/C28H26N2O11/c1-10-13-7-8-15(30-27(38)41-12-5-3-11(40-2)4-6-12)22(33)18(13)23(34)20-17(10)21(32)14-9-16(31)19(26(29)37)24(35)28(14,39)25(20)36/h3-8,10,14,17,19-21,32-33,39H,9H2,1-2H3,(H2,29,37)(H,30,38)/t10-,14+,17+,19?,20?,21+,28+/m0/s1. The van der Waals surface area contributed by atoms with Crippen LogP contribution in [-0.2, 0) is 19.2 Å². The number of Topliss-reactive ketones (excluding diaryl/α,β-unsaturated/α-hetero) is 4. The number of anilines is 1. The fourth-order valence-corrected chi connectivity index (χ4v) is 6.34. The molecule has 2 aromatic carbocycles. The van der Waals surface area contributed by atoms with Crippen molar-refractivity contribution in [3.8, 4) is 17.2 Å². The van der Waals surface area contributed by atoms with Gasteiger partial charge in [0, 0.05) is 18.3 Å². The summed E-state index contributed by atoms with van der Waals surface area (Å²) in [6.07, 6.45) is -3.35. The number of rotatable bonds is 4. The zero-order chi connectivity index (χ0) is 30.0. The monoisotopic (exact) mass is 566 g/mol. The lowest BCUT2D eigenvalue weighted by atomic mass is 9.50. The van der Waals surface area contributed by atoms with E-state index >= 15 is 0 Å². The Morgan fingerprint density at radius 2 is 1.66 bits per heavy atom. The molecule has 2 fully saturated rings. The average Bonchev–Trinajstić information content (AvgIpc) is 2.92. The number of aromatic hydroxyl groups is 1. The maximum absolute atomic E-state index is 13.7. The van der Waals surface area contributed by atoms with Crippen molar-refractivity contribution < 1.29 is 53.6 Å². The van der Waals surface area contributed by atoms with E-state index in [0.717, 1.165) is 0 Å². The summed E-state index contributed by atoms with van der Waals surface area (Å²) < 4.78 is 10.2. The summed E-state index contributed by atoms with van der Waals surface area (Å²) in [5.41, 5.74) is 1.82. The molecule has 6 N–H and O–H groups in total. The number of carbonyl (C=O) groups excluding carboxylic acids is 6. The summed E-state index contributed by atoms with van der Waals surface area (Å²) in [5, 5.41) is 35.9. The number of amides is 2. The van der Waals surface area contributed by atoms with E-state index in [-0.39, 0.29) is 22.6 Å². The van der Waals surface area contributed by atoms with Crippen molar-refractivity contribution in [2.45, 2.75) is 31.0 Å². The number of ketones is 4. The van der Waals surface area contributed by atoms with Gasteiger partial charge in [0.05, 0.1) is 30.4 Å². The van der Waals surface area contributed by atoms with Crippen molar-refractivity contribution in [1.29, 1.82) is 0 Å².